The topological polar surface area (TPSA) is 82.6 Å². The Hall–Kier alpha value is -3.03. The molecule has 1 aliphatic heterocycles. The highest BCUT2D eigenvalue weighted by Gasteiger charge is 2.30. The van der Waals surface area contributed by atoms with Crippen LogP contribution in [-0.4, -0.2) is 31.7 Å². The molecule has 2 fully saturated rings. The van der Waals surface area contributed by atoms with Crippen LogP contribution >= 0.6 is 0 Å². The maximum Gasteiger partial charge on any atom is 0.233 e. The number of hydrogen-bond donors (Lipinski definition) is 2. The van der Waals surface area contributed by atoms with Gasteiger partial charge >= 0.3 is 0 Å². The van der Waals surface area contributed by atoms with Gasteiger partial charge in [0.15, 0.2) is 5.82 Å². The average Bonchev–Trinajstić information content (AvgIpc) is 3.23. The van der Waals surface area contributed by atoms with E-state index in [2.05, 4.69) is 35.4 Å². The van der Waals surface area contributed by atoms with Crippen LogP contribution < -0.4 is 10.2 Å². The van der Waals surface area contributed by atoms with Crippen molar-refractivity contribution in [3.63, 3.8) is 0 Å². The summed E-state index contributed by atoms with van der Waals surface area (Å²) in [4.78, 5) is 15.6. The molecule has 0 amide bonds. The Balaban J connectivity index is 1.42. The highest BCUT2D eigenvalue weighted by Crippen LogP contribution is 2.40. The van der Waals surface area contributed by atoms with E-state index in [4.69, 9.17) is 0 Å². The summed E-state index contributed by atoms with van der Waals surface area (Å²) in [6.45, 7) is 2.63. The number of rotatable bonds is 5. The number of benzene rings is 1. The summed E-state index contributed by atoms with van der Waals surface area (Å²) in [6, 6.07) is 8.88. The summed E-state index contributed by atoms with van der Waals surface area (Å²) >= 11 is 0. The Bertz CT molecular complexity index is 998. The number of aryl methyl sites for hydroxylation is 1. The van der Waals surface area contributed by atoms with Gasteiger partial charge in [-0.3, -0.25) is 5.10 Å². The smallest absolute Gasteiger partial charge is 0.233 e. The number of anilines is 3. The maximum atomic E-state index is 14.3. The van der Waals surface area contributed by atoms with Crippen LogP contribution in [0, 0.1) is 12.7 Å². The zero-order chi connectivity index (χ0) is 19.1. The molecule has 1 unspecified atom stereocenters. The van der Waals surface area contributed by atoms with Gasteiger partial charge in [-0.2, -0.15) is 20.1 Å². The molecule has 2 aliphatic rings. The molecule has 0 spiro atoms. The highest BCUT2D eigenvalue weighted by atomic mass is 19.1. The molecule has 1 aliphatic carbocycles. The Labute approximate surface area is 162 Å². The van der Waals surface area contributed by atoms with Gasteiger partial charge < -0.3 is 10.2 Å². The predicted molar refractivity (Wildman–Crippen MR) is 104 cm³/mol. The van der Waals surface area contributed by atoms with Crippen LogP contribution in [0.3, 0.4) is 0 Å². The van der Waals surface area contributed by atoms with Gasteiger partial charge in [0.05, 0.1) is 6.04 Å². The third-order valence-electron chi connectivity index (χ3n) is 5.36. The lowest BCUT2D eigenvalue weighted by molar-refractivity contribution is 0.577. The molecule has 8 heteroatoms. The van der Waals surface area contributed by atoms with Gasteiger partial charge in [-0.05, 0) is 38.7 Å². The fourth-order valence-corrected chi connectivity index (χ4v) is 3.85. The zero-order valence-electron chi connectivity index (χ0n) is 15.7. The van der Waals surface area contributed by atoms with E-state index in [1.54, 1.807) is 6.07 Å². The number of aromatic amines is 1. The number of nitrogens with zero attached hydrogens (tertiary/aromatic N) is 5. The number of nitrogens with one attached hydrogen (secondary N) is 2. The van der Waals surface area contributed by atoms with Crippen molar-refractivity contribution in [1.29, 1.82) is 0 Å². The average molecular weight is 379 g/mol. The first-order valence-electron chi connectivity index (χ1n) is 9.73. The molecule has 0 bridgehead atoms. The third kappa shape index (κ3) is 3.30. The van der Waals surface area contributed by atoms with Crippen molar-refractivity contribution in [3.05, 3.63) is 53.2 Å². The van der Waals surface area contributed by atoms with E-state index in [0.717, 1.165) is 25.1 Å². The Kier molecular flexibility index (Phi) is 4.18. The third-order valence-corrected chi connectivity index (χ3v) is 5.36. The van der Waals surface area contributed by atoms with E-state index in [1.807, 2.05) is 25.1 Å². The molecule has 2 N–H and O–H groups in total. The maximum absolute atomic E-state index is 14.3. The normalized spacial score (nSPS) is 19.2. The van der Waals surface area contributed by atoms with Crippen LogP contribution in [0.15, 0.2) is 30.3 Å². The van der Waals surface area contributed by atoms with Crippen LogP contribution in [0.25, 0.3) is 0 Å². The van der Waals surface area contributed by atoms with Gasteiger partial charge in [0.25, 0.3) is 0 Å². The van der Waals surface area contributed by atoms with Crippen molar-refractivity contribution in [2.24, 2.45) is 0 Å². The molecule has 0 radical (unpaired) electrons. The fourth-order valence-electron chi connectivity index (χ4n) is 3.85. The molecular formula is C20H22FN7. The van der Waals surface area contributed by atoms with E-state index >= 15 is 0 Å². The molecule has 2 aromatic heterocycles. The number of aromatic nitrogens is 5. The Morgan fingerprint density at radius 3 is 2.82 bits per heavy atom. The molecule has 1 atom stereocenters. The van der Waals surface area contributed by atoms with Crippen LogP contribution in [-0.2, 0) is 0 Å². The second kappa shape index (κ2) is 6.85. The van der Waals surface area contributed by atoms with Crippen LogP contribution in [0.4, 0.5) is 22.1 Å². The molecule has 144 valence electrons. The van der Waals surface area contributed by atoms with E-state index < -0.39 is 0 Å². The molecule has 1 saturated carbocycles. The second-order valence-corrected chi connectivity index (χ2v) is 7.49. The number of H-pyrrole nitrogens is 1. The summed E-state index contributed by atoms with van der Waals surface area (Å²) in [6.07, 6.45) is 4.27. The first-order valence-corrected chi connectivity index (χ1v) is 9.73. The quantitative estimate of drug-likeness (QED) is 0.697. The molecule has 1 aromatic carbocycles. The Morgan fingerprint density at radius 1 is 1.14 bits per heavy atom. The van der Waals surface area contributed by atoms with Gasteiger partial charge in [-0.15, -0.1) is 0 Å². The Morgan fingerprint density at radius 2 is 2.00 bits per heavy atom. The lowest BCUT2D eigenvalue weighted by atomic mass is 10.0. The zero-order valence-corrected chi connectivity index (χ0v) is 15.7. The van der Waals surface area contributed by atoms with E-state index in [0.29, 0.717) is 35.0 Å². The summed E-state index contributed by atoms with van der Waals surface area (Å²) in [5.41, 5.74) is 1.83. The van der Waals surface area contributed by atoms with Gasteiger partial charge in [-0.25, -0.2) is 4.39 Å². The van der Waals surface area contributed by atoms with Crippen molar-refractivity contribution < 1.29 is 4.39 Å². The molecule has 3 aromatic rings. The summed E-state index contributed by atoms with van der Waals surface area (Å²) in [5, 5.41) is 10.5. The van der Waals surface area contributed by atoms with E-state index in [9.17, 15) is 4.39 Å². The lowest BCUT2D eigenvalue weighted by Gasteiger charge is -2.25. The first-order chi connectivity index (χ1) is 13.7. The SMILES string of the molecule is Cc1nc(Nc2cc(C3CC3)[nH]n2)nc(N2CCCC2c2ccccc2F)n1. The minimum Gasteiger partial charge on any atom is -0.334 e. The summed E-state index contributed by atoms with van der Waals surface area (Å²) in [7, 11) is 0. The molecule has 7 nitrogen and oxygen atoms in total. The molecular weight excluding hydrogens is 357 g/mol. The first kappa shape index (κ1) is 17.1. The monoisotopic (exact) mass is 379 g/mol. The van der Waals surface area contributed by atoms with Crippen molar-refractivity contribution in [3.8, 4) is 0 Å². The summed E-state index contributed by atoms with van der Waals surface area (Å²) < 4.78 is 14.3. The van der Waals surface area contributed by atoms with Crippen molar-refractivity contribution in [2.45, 2.75) is 44.6 Å². The van der Waals surface area contributed by atoms with Gasteiger partial charge in [0, 0.05) is 29.8 Å². The number of halogens is 1. The second-order valence-electron chi connectivity index (χ2n) is 7.49. The molecule has 1 saturated heterocycles. The molecule has 28 heavy (non-hydrogen) atoms. The molecule has 5 rings (SSSR count). The largest absolute Gasteiger partial charge is 0.334 e. The van der Waals surface area contributed by atoms with Crippen molar-refractivity contribution in [1.82, 2.24) is 25.1 Å². The van der Waals surface area contributed by atoms with E-state index in [1.165, 1.54) is 18.9 Å². The number of hydrogen-bond acceptors (Lipinski definition) is 6. The van der Waals surface area contributed by atoms with E-state index in [-0.39, 0.29) is 11.9 Å². The van der Waals surface area contributed by atoms with Crippen LogP contribution in [0.1, 0.15) is 54.7 Å². The highest BCUT2D eigenvalue weighted by molar-refractivity contribution is 5.51. The van der Waals surface area contributed by atoms with Crippen LogP contribution in [0.5, 0.6) is 0 Å². The minimum absolute atomic E-state index is 0.0669. The van der Waals surface area contributed by atoms with Crippen molar-refractivity contribution >= 4 is 17.7 Å². The predicted octanol–water partition coefficient (Wildman–Crippen LogP) is 4.00. The van der Waals surface area contributed by atoms with Crippen LogP contribution in [0.2, 0.25) is 0 Å². The fraction of sp³-hybridized carbons (Fsp3) is 0.400. The van der Waals surface area contributed by atoms with Gasteiger partial charge in [-0.1, -0.05) is 18.2 Å². The lowest BCUT2D eigenvalue weighted by Crippen LogP contribution is -2.26. The standard InChI is InChI=1S/C20H22FN7/c1-12-22-19(24-18-11-16(26-27-18)13-8-9-13)25-20(23-12)28-10-4-7-17(28)14-5-2-3-6-15(14)21/h2-3,5-6,11,13,17H,4,7-10H2,1H3,(H2,22,23,24,25,26,27). The minimum atomic E-state index is -0.187. The summed E-state index contributed by atoms with van der Waals surface area (Å²) in [5.74, 6) is 2.75. The van der Waals surface area contributed by atoms with Gasteiger partial charge in [0.1, 0.15) is 11.6 Å². The van der Waals surface area contributed by atoms with Crippen molar-refractivity contribution in [2.75, 3.05) is 16.8 Å². The molecule has 3 heterocycles. The van der Waals surface area contributed by atoms with Gasteiger partial charge in [0.2, 0.25) is 11.9 Å².